The average molecular weight is 256 g/mol. The van der Waals surface area contributed by atoms with Gasteiger partial charge >= 0.3 is 0 Å². The Morgan fingerprint density at radius 3 is 2.29 bits per heavy atom. The SMILES string of the molecule is COc1cc(Cl)c(NC2CC(C)C2)cc1OC. The molecule has 1 saturated carbocycles. The molecule has 17 heavy (non-hydrogen) atoms. The zero-order chi connectivity index (χ0) is 12.4. The van der Waals surface area contributed by atoms with Crippen molar-refractivity contribution in [3.63, 3.8) is 0 Å². The second-order valence-electron chi connectivity index (χ2n) is 4.60. The lowest BCUT2D eigenvalue weighted by Gasteiger charge is -2.34. The summed E-state index contributed by atoms with van der Waals surface area (Å²) in [6, 6.07) is 4.20. The Bertz CT molecular complexity index is 403. The summed E-state index contributed by atoms with van der Waals surface area (Å²) in [5, 5.41) is 4.10. The van der Waals surface area contributed by atoms with E-state index in [2.05, 4.69) is 12.2 Å². The third-order valence-electron chi connectivity index (χ3n) is 3.21. The van der Waals surface area contributed by atoms with Gasteiger partial charge in [0.05, 0.1) is 24.9 Å². The maximum Gasteiger partial charge on any atom is 0.162 e. The Balaban J connectivity index is 2.16. The number of rotatable bonds is 4. The van der Waals surface area contributed by atoms with E-state index in [0.717, 1.165) is 11.6 Å². The summed E-state index contributed by atoms with van der Waals surface area (Å²) in [5.41, 5.74) is 0.918. The van der Waals surface area contributed by atoms with Crippen molar-refractivity contribution in [3.8, 4) is 11.5 Å². The molecule has 1 aliphatic rings. The summed E-state index contributed by atoms with van der Waals surface area (Å²) in [5.74, 6) is 2.17. The molecule has 1 fully saturated rings. The number of benzene rings is 1. The first-order valence-corrected chi connectivity index (χ1v) is 6.20. The van der Waals surface area contributed by atoms with Gasteiger partial charge in [-0.15, -0.1) is 0 Å². The number of hydrogen-bond acceptors (Lipinski definition) is 3. The standard InChI is InChI=1S/C13H18ClNO2/c1-8-4-9(5-8)15-11-7-13(17-3)12(16-2)6-10(11)14/h6-9,15H,4-5H2,1-3H3. The van der Waals surface area contributed by atoms with Gasteiger partial charge in [0.1, 0.15) is 0 Å². The van der Waals surface area contributed by atoms with Crippen LogP contribution < -0.4 is 14.8 Å². The Kier molecular flexibility index (Phi) is 3.67. The number of ether oxygens (including phenoxy) is 2. The van der Waals surface area contributed by atoms with Gasteiger partial charge in [-0.2, -0.15) is 0 Å². The quantitative estimate of drug-likeness (QED) is 0.892. The predicted molar refractivity (Wildman–Crippen MR) is 70.4 cm³/mol. The highest BCUT2D eigenvalue weighted by molar-refractivity contribution is 6.33. The van der Waals surface area contributed by atoms with E-state index in [1.807, 2.05) is 6.07 Å². The largest absolute Gasteiger partial charge is 0.493 e. The number of halogens is 1. The molecule has 0 radical (unpaired) electrons. The molecule has 1 N–H and O–H groups in total. The van der Waals surface area contributed by atoms with Crippen molar-refractivity contribution in [1.29, 1.82) is 0 Å². The minimum Gasteiger partial charge on any atom is -0.493 e. The van der Waals surface area contributed by atoms with E-state index in [1.54, 1.807) is 20.3 Å². The van der Waals surface area contributed by atoms with E-state index in [9.17, 15) is 0 Å². The first-order chi connectivity index (χ1) is 8.13. The van der Waals surface area contributed by atoms with Gasteiger partial charge in [0.25, 0.3) is 0 Å². The first kappa shape index (κ1) is 12.4. The van der Waals surface area contributed by atoms with E-state index in [4.69, 9.17) is 21.1 Å². The molecule has 3 nitrogen and oxygen atoms in total. The third-order valence-corrected chi connectivity index (χ3v) is 3.52. The predicted octanol–water partition coefficient (Wildman–Crippen LogP) is 3.57. The number of hydrogen-bond donors (Lipinski definition) is 1. The lowest BCUT2D eigenvalue weighted by Crippen LogP contribution is -2.33. The molecule has 0 spiro atoms. The van der Waals surface area contributed by atoms with Gasteiger partial charge in [-0.05, 0) is 18.8 Å². The molecule has 0 aliphatic heterocycles. The molecule has 2 rings (SSSR count). The molecule has 0 saturated heterocycles. The Morgan fingerprint density at radius 2 is 1.76 bits per heavy atom. The van der Waals surface area contributed by atoms with E-state index >= 15 is 0 Å². The molecule has 0 atom stereocenters. The fourth-order valence-corrected chi connectivity index (χ4v) is 2.41. The zero-order valence-electron chi connectivity index (χ0n) is 10.4. The van der Waals surface area contributed by atoms with Gasteiger partial charge in [0.15, 0.2) is 11.5 Å². The van der Waals surface area contributed by atoms with Crippen molar-refractivity contribution in [1.82, 2.24) is 0 Å². The molecule has 0 amide bonds. The average Bonchev–Trinajstić information content (AvgIpc) is 2.28. The van der Waals surface area contributed by atoms with Crippen LogP contribution in [0.4, 0.5) is 5.69 Å². The van der Waals surface area contributed by atoms with Crippen LogP contribution in [-0.2, 0) is 0 Å². The highest BCUT2D eigenvalue weighted by atomic mass is 35.5. The highest BCUT2D eigenvalue weighted by Gasteiger charge is 2.25. The maximum atomic E-state index is 6.20. The Hall–Kier alpha value is -1.09. The molecular formula is C13H18ClNO2. The van der Waals surface area contributed by atoms with Crippen LogP contribution >= 0.6 is 11.6 Å². The van der Waals surface area contributed by atoms with Gasteiger partial charge in [0, 0.05) is 18.2 Å². The van der Waals surface area contributed by atoms with Crippen molar-refractivity contribution in [2.45, 2.75) is 25.8 Å². The summed E-state index contributed by atoms with van der Waals surface area (Å²) >= 11 is 6.20. The highest BCUT2D eigenvalue weighted by Crippen LogP contribution is 2.38. The van der Waals surface area contributed by atoms with E-state index in [1.165, 1.54) is 12.8 Å². The second kappa shape index (κ2) is 5.05. The van der Waals surface area contributed by atoms with E-state index < -0.39 is 0 Å². The summed E-state index contributed by atoms with van der Waals surface area (Å²) in [7, 11) is 3.23. The first-order valence-electron chi connectivity index (χ1n) is 5.82. The van der Waals surface area contributed by atoms with Crippen molar-refractivity contribution in [2.75, 3.05) is 19.5 Å². The molecule has 94 valence electrons. The smallest absolute Gasteiger partial charge is 0.162 e. The normalized spacial score (nSPS) is 22.8. The molecule has 1 aromatic carbocycles. The van der Waals surface area contributed by atoms with Crippen LogP contribution in [-0.4, -0.2) is 20.3 Å². The van der Waals surface area contributed by atoms with Gasteiger partial charge in [-0.1, -0.05) is 18.5 Å². The molecule has 1 aromatic rings. The van der Waals surface area contributed by atoms with Crippen molar-refractivity contribution in [3.05, 3.63) is 17.2 Å². The van der Waals surface area contributed by atoms with E-state index in [-0.39, 0.29) is 0 Å². The molecular weight excluding hydrogens is 238 g/mol. The van der Waals surface area contributed by atoms with Crippen LogP contribution in [0.2, 0.25) is 5.02 Å². The third kappa shape index (κ3) is 2.60. The maximum absolute atomic E-state index is 6.20. The number of anilines is 1. The number of methoxy groups -OCH3 is 2. The molecule has 0 bridgehead atoms. The van der Waals surface area contributed by atoms with Crippen molar-refractivity contribution in [2.24, 2.45) is 5.92 Å². The van der Waals surface area contributed by atoms with Crippen LogP contribution in [0.25, 0.3) is 0 Å². The summed E-state index contributed by atoms with van der Waals surface area (Å²) in [4.78, 5) is 0. The van der Waals surface area contributed by atoms with Crippen LogP contribution in [0.3, 0.4) is 0 Å². The number of nitrogens with one attached hydrogen (secondary N) is 1. The van der Waals surface area contributed by atoms with Gasteiger partial charge in [-0.25, -0.2) is 0 Å². The lowest BCUT2D eigenvalue weighted by atomic mass is 9.82. The van der Waals surface area contributed by atoms with Gasteiger partial charge in [0.2, 0.25) is 0 Å². The second-order valence-corrected chi connectivity index (χ2v) is 5.01. The summed E-state index contributed by atoms with van der Waals surface area (Å²) < 4.78 is 10.5. The van der Waals surface area contributed by atoms with Crippen LogP contribution in [0.5, 0.6) is 11.5 Å². The van der Waals surface area contributed by atoms with Crippen molar-refractivity contribution >= 4 is 17.3 Å². The van der Waals surface area contributed by atoms with Crippen LogP contribution in [0.1, 0.15) is 19.8 Å². The molecule has 0 heterocycles. The molecule has 0 aromatic heterocycles. The fourth-order valence-electron chi connectivity index (χ4n) is 2.20. The van der Waals surface area contributed by atoms with E-state index in [0.29, 0.717) is 22.6 Å². The topological polar surface area (TPSA) is 30.5 Å². The molecule has 1 aliphatic carbocycles. The Morgan fingerprint density at radius 1 is 1.18 bits per heavy atom. The van der Waals surface area contributed by atoms with Gasteiger partial charge < -0.3 is 14.8 Å². The Labute approximate surface area is 107 Å². The minimum absolute atomic E-state index is 0.528. The van der Waals surface area contributed by atoms with Crippen LogP contribution in [0, 0.1) is 5.92 Å². The molecule has 0 unspecified atom stereocenters. The fraction of sp³-hybridized carbons (Fsp3) is 0.538. The minimum atomic E-state index is 0.528. The summed E-state index contributed by atoms with van der Waals surface area (Å²) in [6.45, 7) is 2.26. The monoisotopic (exact) mass is 255 g/mol. The summed E-state index contributed by atoms with van der Waals surface area (Å²) in [6.07, 6.45) is 2.40. The van der Waals surface area contributed by atoms with Crippen molar-refractivity contribution < 1.29 is 9.47 Å². The zero-order valence-corrected chi connectivity index (χ0v) is 11.2. The lowest BCUT2D eigenvalue weighted by molar-refractivity contribution is 0.309. The van der Waals surface area contributed by atoms with Gasteiger partial charge in [-0.3, -0.25) is 0 Å². The molecule has 4 heteroatoms. The van der Waals surface area contributed by atoms with Crippen LogP contribution in [0.15, 0.2) is 12.1 Å².